The molecule has 0 saturated carbocycles. The second kappa shape index (κ2) is 6.37. The topological polar surface area (TPSA) is 58.4 Å². The number of hydrogen-bond donors (Lipinski definition) is 2. The highest BCUT2D eigenvalue weighted by atomic mass is 16.1. The van der Waals surface area contributed by atoms with E-state index in [1.807, 2.05) is 24.3 Å². The predicted molar refractivity (Wildman–Crippen MR) is 82.4 cm³/mol. The van der Waals surface area contributed by atoms with Gasteiger partial charge in [-0.25, -0.2) is 0 Å². The summed E-state index contributed by atoms with van der Waals surface area (Å²) in [7, 11) is 0. The molecular formula is C16H25N3O. The Labute approximate surface area is 121 Å². The first-order valence-corrected chi connectivity index (χ1v) is 7.30. The van der Waals surface area contributed by atoms with Gasteiger partial charge in [0, 0.05) is 31.7 Å². The van der Waals surface area contributed by atoms with Crippen LogP contribution in [0.4, 0.5) is 5.69 Å². The van der Waals surface area contributed by atoms with Crippen LogP contribution in [-0.4, -0.2) is 30.4 Å². The van der Waals surface area contributed by atoms with Crippen LogP contribution in [0.25, 0.3) is 0 Å². The SMILES string of the molecule is CC1(C)CCN(CCC(=O)Nc2ccccc2CN)C1. The van der Waals surface area contributed by atoms with Crippen molar-refractivity contribution < 1.29 is 4.79 Å². The van der Waals surface area contributed by atoms with Crippen LogP contribution >= 0.6 is 0 Å². The third kappa shape index (κ3) is 4.05. The van der Waals surface area contributed by atoms with Gasteiger partial charge in [-0.15, -0.1) is 0 Å². The zero-order chi connectivity index (χ0) is 14.6. The van der Waals surface area contributed by atoms with Crippen molar-refractivity contribution in [2.45, 2.75) is 33.2 Å². The van der Waals surface area contributed by atoms with Crippen molar-refractivity contribution in [1.29, 1.82) is 0 Å². The molecular weight excluding hydrogens is 250 g/mol. The first kappa shape index (κ1) is 15.0. The summed E-state index contributed by atoms with van der Waals surface area (Å²) in [6, 6.07) is 7.69. The van der Waals surface area contributed by atoms with Gasteiger partial charge in [-0.1, -0.05) is 32.0 Å². The lowest BCUT2D eigenvalue weighted by molar-refractivity contribution is -0.116. The van der Waals surface area contributed by atoms with Crippen LogP contribution in [0.2, 0.25) is 0 Å². The molecule has 1 aliphatic rings. The Kier molecular flexibility index (Phi) is 4.78. The molecule has 0 radical (unpaired) electrons. The van der Waals surface area contributed by atoms with Crippen LogP contribution in [0.5, 0.6) is 0 Å². The molecule has 1 aromatic carbocycles. The van der Waals surface area contributed by atoms with Gasteiger partial charge in [0.2, 0.25) is 5.91 Å². The van der Waals surface area contributed by atoms with Gasteiger partial charge >= 0.3 is 0 Å². The average molecular weight is 275 g/mol. The highest BCUT2D eigenvalue weighted by molar-refractivity contribution is 5.91. The Morgan fingerprint density at radius 1 is 1.40 bits per heavy atom. The van der Waals surface area contributed by atoms with Crippen LogP contribution in [0, 0.1) is 5.41 Å². The molecule has 4 nitrogen and oxygen atoms in total. The second-order valence-corrected chi connectivity index (χ2v) is 6.35. The molecule has 0 aromatic heterocycles. The van der Waals surface area contributed by atoms with Gasteiger partial charge in [0.05, 0.1) is 0 Å². The third-order valence-corrected chi connectivity index (χ3v) is 3.92. The maximum absolute atomic E-state index is 12.0. The number of amides is 1. The fourth-order valence-corrected chi connectivity index (χ4v) is 2.71. The minimum Gasteiger partial charge on any atom is -0.326 e. The molecule has 0 atom stereocenters. The summed E-state index contributed by atoms with van der Waals surface area (Å²) < 4.78 is 0. The Bertz CT molecular complexity index is 471. The summed E-state index contributed by atoms with van der Waals surface area (Å²) >= 11 is 0. The number of hydrogen-bond acceptors (Lipinski definition) is 3. The molecule has 0 spiro atoms. The van der Waals surface area contributed by atoms with E-state index in [0.29, 0.717) is 18.4 Å². The summed E-state index contributed by atoms with van der Waals surface area (Å²) in [6.45, 7) is 8.02. The average Bonchev–Trinajstić information content (AvgIpc) is 2.77. The van der Waals surface area contributed by atoms with Crippen LogP contribution in [0.15, 0.2) is 24.3 Å². The van der Waals surface area contributed by atoms with Gasteiger partial charge < -0.3 is 16.0 Å². The minimum atomic E-state index is 0.0654. The highest BCUT2D eigenvalue weighted by Crippen LogP contribution is 2.28. The predicted octanol–water partition coefficient (Wildman–Crippen LogP) is 2.21. The minimum absolute atomic E-state index is 0.0654. The van der Waals surface area contributed by atoms with Crippen molar-refractivity contribution in [2.75, 3.05) is 25.0 Å². The molecule has 0 aliphatic carbocycles. The first-order chi connectivity index (χ1) is 9.50. The Hall–Kier alpha value is -1.39. The van der Waals surface area contributed by atoms with E-state index in [2.05, 4.69) is 24.1 Å². The van der Waals surface area contributed by atoms with E-state index in [9.17, 15) is 4.79 Å². The van der Waals surface area contributed by atoms with Crippen molar-refractivity contribution in [3.8, 4) is 0 Å². The zero-order valence-corrected chi connectivity index (χ0v) is 12.5. The van der Waals surface area contributed by atoms with Crippen LogP contribution < -0.4 is 11.1 Å². The fraction of sp³-hybridized carbons (Fsp3) is 0.562. The molecule has 1 aliphatic heterocycles. The number of nitrogens with zero attached hydrogens (tertiary/aromatic N) is 1. The van der Waals surface area contributed by atoms with Crippen LogP contribution in [0.1, 0.15) is 32.3 Å². The second-order valence-electron chi connectivity index (χ2n) is 6.35. The van der Waals surface area contributed by atoms with E-state index in [0.717, 1.165) is 30.9 Å². The molecule has 1 heterocycles. The number of nitrogens with one attached hydrogen (secondary N) is 1. The quantitative estimate of drug-likeness (QED) is 0.866. The normalized spacial score (nSPS) is 18.1. The standard InChI is InChI=1S/C16H25N3O/c1-16(2)8-10-19(12-16)9-7-15(20)18-14-6-4-3-5-13(14)11-17/h3-6H,7-12,17H2,1-2H3,(H,18,20). The molecule has 1 fully saturated rings. The summed E-state index contributed by atoms with van der Waals surface area (Å²) in [4.78, 5) is 14.4. The molecule has 110 valence electrons. The number of carbonyl (C=O) groups excluding carboxylic acids is 1. The number of benzene rings is 1. The summed E-state index contributed by atoms with van der Waals surface area (Å²) in [5.41, 5.74) is 7.87. The maximum atomic E-state index is 12.0. The molecule has 0 unspecified atom stereocenters. The Morgan fingerprint density at radius 3 is 2.80 bits per heavy atom. The molecule has 1 saturated heterocycles. The number of nitrogens with two attached hydrogens (primary N) is 1. The highest BCUT2D eigenvalue weighted by Gasteiger charge is 2.28. The number of anilines is 1. The summed E-state index contributed by atoms with van der Waals surface area (Å²) in [5.74, 6) is 0.0654. The van der Waals surface area contributed by atoms with Gasteiger partial charge in [0.25, 0.3) is 0 Å². The van der Waals surface area contributed by atoms with Crippen molar-refractivity contribution in [2.24, 2.45) is 11.1 Å². The molecule has 1 aromatic rings. The molecule has 20 heavy (non-hydrogen) atoms. The number of rotatable bonds is 5. The van der Waals surface area contributed by atoms with E-state index >= 15 is 0 Å². The zero-order valence-electron chi connectivity index (χ0n) is 12.5. The molecule has 2 rings (SSSR count). The lowest BCUT2D eigenvalue weighted by Gasteiger charge is -2.19. The van der Waals surface area contributed by atoms with Crippen molar-refractivity contribution in [3.63, 3.8) is 0 Å². The smallest absolute Gasteiger partial charge is 0.225 e. The van der Waals surface area contributed by atoms with Crippen LogP contribution in [-0.2, 0) is 11.3 Å². The van der Waals surface area contributed by atoms with E-state index in [1.165, 1.54) is 6.42 Å². The van der Waals surface area contributed by atoms with Gasteiger partial charge in [0.15, 0.2) is 0 Å². The Morgan fingerprint density at radius 2 is 2.15 bits per heavy atom. The Balaban J connectivity index is 1.81. The lowest BCUT2D eigenvalue weighted by atomic mass is 9.93. The van der Waals surface area contributed by atoms with E-state index in [1.54, 1.807) is 0 Å². The maximum Gasteiger partial charge on any atom is 0.225 e. The number of para-hydroxylation sites is 1. The number of carbonyl (C=O) groups is 1. The summed E-state index contributed by atoms with van der Waals surface area (Å²) in [5, 5.41) is 2.96. The lowest BCUT2D eigenvalue weighted by Crippen LogP contribution is -2.27. The van der Waals surface area contributed by atoms with Gasteiger partial charge in [-0.3, -0.25) is 4.79 Å². The molecule has 0 bridgehead atoms. The van der Waals surface area contributed by atoms with E-state index in [4.69, 9.17) is 5.73 Å². The number of likely N-dealkylation sites (tertiary alicyclic amines) is 1. The fourth-order valence-electron chi connectivity index (χ4n) is 2.71. The van der Waals surface area contributed by atoms with Gasteiger partial charge in [0.1, 0.15) is 0 Å². The summed E-state index contributed by atoms with van der Waals surface area (Å²) in [6.07, 6.45) is 1.75. The van der Waals surface area contributed by atoms with Crippen molar-refractivity contribution in [3.05, 3.63) is 29.8 Å². The monoisotopic (exact) mass is 275 g/mol. The molecule has 4 heteroatoms. The molecule has 3 N–H and O–H groups in total. The van der Waals surface area contributed by atoms with Crippen molar-refractivity contribution in [1.82, 2.24) is 4.90 Å². The van der Waals surface area contributed by atoms with Gasteiger partial charge in [-0.2, -0.15) is 0 Å². The van der Waals surface area contributed by atoms with E-state index in [-0.39, 0.29) is 5.91 Å². The van der Waals surface area contributed by atoms with Crippen molar-refractivity contribution >= 4 is 11.6 Å². The first-order valence-electron chi connectivity index (χ1n) is 7.30. The van der Waals surface area contributed by atoms with Gasteiger partial charge in [-0.05, 0) is 30.0 Å². The third-order valence-electron chi connectivity index (χ3n) is 3.92. The largest absolute Gasteiger partial charge is 0.326 e. The van der Waals surface area contributed by atoms with E-state index < -0.39 is 0 Å². The molecule has 1 amide bonds. The van der Waals surface area contributed by atoms with Crippen LogP contribution in [0.3, 0.4) is 0 Å².